The van der Waals surface area contributed by atoms with Gasteiger partial charge in [-0.15, -0.1) is 24.0 Å². The Kier molecular flexibility index (Phi) is 8.79. The summed E-state index contributed by atoms with van der Waals surface area (Å²) in [5.74, 6) is 1.41. The van der Waals surface area contributed by atoms with Crippen molar-refractivity contribution in [3.8, 4) is 0 Å². The van der Waals surface area contributed by atoms with Crippen LogP contribution in [-0.2, 0) is 9.59 Å². The van der Waals surface area contributed by atoms with E-state index in [4.69, 9.17) is 0 Å². The highest BCUT2D eigenvalue weighted by Gasteiger charge is 2.28. The van der Waals surface area contributed by atoms with Crippen molar-refractivity contribution < 1.29 is 9.59 Å². The van der Waals surface area contributed by atoms with Gasteiger partial charge in [0.05, 0.1) is 0 Å². The number of hydrogen-bond donors (Lipinski definition) is 2. The second kappa shape index (κ2) is 10.0. The number of piperidine rings is 1. The largest absolute Gasteiger partial charge is 0.359 e. The molecule has 8 heteroatoms. The van der Waals surface area contributed by atoms with Gasteiger partial charge in [0.2, 0.25) is 11.8 Å². The second-order valence-electron chi connectivity index (χ2n) is 6.65. The Morgan fingerprint density at radius 3 is 2.29 bits per heavy atom. The minimum atomic E-state index is 0. The Morgan fingerprint density at radius 2 is 1.79 bits per heavy atom. The minimum absolute atomic E-state index is 0. The van der Waals surface area contributed by atoms with Crippen LogP contribution < -0.4 is 10.6 Å². The third-order valence-electron chi connectivity index (χ3n) is 4.44. The number of hydrogen-bond acceptors (Lipinski definition) is 3. The molecule has 0 atom stereocenters. The fraction of sp³-hybridized carbons (Fsp3) is 0.812. The summed E-state index contributed by atoms with van der Waals surface area (Å²) in [7, 11) is 5.18. The highest BCUT2D eigenvalue weighted by atomic mass is 127. The average Bonchev–Trinajstić information content (AvgIpc) is 3.35. The predicted octanol–water partition coefficient (Wildman–Crippen LogP) is 0.649. The van der Waals surface area contributed by atoms with Gasteiger partial charge < -0.3 is 20.4 Å². The standard InChI is InChI=1S/C16H29N5O2.HI/c1-17-14(22)10-12-6-8-21(9-7-12)16(19-13-4-5-13)18-11-15(23)20(2)3;/h12-13H,4-11H2,1-3H3,(H,17,22)(H,18,19);1H. The summed E-state index contributed by atoms with van der Waals surface area (Å²) < 4.78 is 0. The number of likely N-dealkylation sites (N-methyl/N-ethyl adjacent to an activating group) is 1. The molecule has 1 aliphatic heterocycles. The lowest BCUT2D eigenvalue weighted by Gasteiger charge is -2.34. The fourth-order valence-corrected chi connectivity index (χ4v) is 2.64. The van der Waals surface area contributed by atoms with Gasteiger partial charge in [-0.2, -0.15) is 0 Å². The molecule has 0 spiro atoms. The zero-order valence-corrected chi connectivity index (χ0v) is 17.2. The third kappa shape index (κ3) is 6.82. The van der Waals surface area contributed by atoms with Gasteiger partial charge in [0.25, 0.3) is 0 Å². The van der Waals surface area contributed by atoms with Gasteiger partial charge >= 0.3 is 0 Å². The number of carbonyl (C=O) groups excluding carboxylic acids is 2. The van der Waals surface area contributed by atoms with E-state index in [-0.39, 0.29) is 42.3 Å². The molecule has 2 aliphatic rings. The molecular formula is C16H30IN5O2. The van der Waals surface area contributed by atoms with Crippen molar-refractivity contribution >= 4 is 41.8 Å². The van der Waals surface area contributed by atoms with E-state index in [0.29, 0.717) is 18.4 Å². The summed E-state index contributed by atoms with van der Waals surface area (Å²) in [6.45, 7) is 1.95. The second-order valence-corrected chi connectivity index (χ2v) is 6.65. The number of nitrogens with one attached hydrogen (secondary N) is 2. The number of aliphatic imine (C=N–C) groups is 1. The molecule has 0 aromatic carbocycles. The number of rotatable bonds is 5. The Hall–Kier alpha value is -1.06. The number of halogens is 1. The maximum Gasteiger partial charge on any atom is 0.243 e. The maximum atomic E-state index is 11.8. The quantitative estimate of drug-likeness (QED) is 0.366. The molecule has 2 N–H and O–H groups in total. The van der Waals surface area contributed by atoms with Crippen LogP contribution in [0.2, 0.25) is 0 Å². The van der Waals surface area contributed by atoms with Crippen molar-refractivity contribution in [3.05, 3.63) is 0 Å². The molecule has 2 amide bonds. The molecule has 138 valence electrons. The molecule has 0 unspecified atom stereocenters. The van der Waals surface area contributed by atoms with E-state index < -0.39 is 0 Å². The first kappa shape index (κ1) is 21.0. The number of nitrogens with zero attached hydrogens (tertiary/aromatic N) is 3. The lowest BCUT2D eigenvalue weighted by atomic mass is 9.93. The number of amides is 2. The minimum Gasteiger partial charge on any atom is -0.359 e. The molecule has 2 rings (SSSR count). The first-order chi connectivity index (χ1) is 11.0. The van der Waals surface area contributed by atoms with E-state index in [2.05, 4.69) is 20.5 Å². The molecule has 2 fully saturated rings. The van der Waals surface area contributed by atoms with Crippen molar-refractivity contribution in [1.29, 1.82) is 0 Å². The van der Waals surface area contributed by atoms with Gasteiger partial charge in [0.15, 0.2) is 5.96 Å². The lowest BCUT2D eigenvalue weighted by Crippen LogP contribution is -2.47. The summed E-state index contributed by atoms with van der Waals surface area (Å²) in [6, 6.07) is 0.506. The molecule has 1 saturated heterocycles. The van der Waals surface area contributed by atoms with Gasteiger partial charge in [-0.3, -0.25) is 9.59 Å². The van der Waals surface area contributed by atoms with Crippen molar-refractivity contribution in [2.45, 2.75) is 38.1 Å². The van der Waals surface area contributed by atoms with Gasteiger partial charge in [-0.1, -0.05) is 0 Å². The van der Waals surface area contributed by atoms with Gasteiger partial charge in [-0.05, 0) is 31.6 Å². The smallest absolute Gasteiger partial charge is 0.243 e. The molecule has 0 aromatic rings. The maximum absolute atomic E-state index is 11.8. The van der Waals surface area contributed by atoms with Crippen LogP contribution in [0.4, 0.5) is 0 Å². The molecule has 24 heavy (non-hydrogen) atoms. The molecule has 1 heterocycles. The summed E-state index contributed by atoms with van der Waals surface area (Å²) in [4.78, 5) is 31.6. The molecule has 1 saturated carbocycles. The zero-order valence-electron chi connectivity index (χ0n) is 14.9. The molecule has 0 aromatic heterocycles. The van der Waals surface area contributed by atoms with Crippen LogP contribution in [0.3, 0.4) is 0 Å². The Labute approximate surface area is 161 Å². The summed E-state index contributed by atoms with van der Waals surface area (Å²) in [6.07, 6.45) is 4.92. The lowest BCUT2D eigenvalue weighted by molar-refractivity contribution is -0.127. The Morgan fingerprint density at radius 1 is 1.17 bits per heavy atom. The molecule has 0 bridgehead atoms. The highest BCUT2D eigenvalue weighted by molar-refractivity contribution is 14.0. The van der Waals surface area contributed by atoms with Crippen LogP contribution in [-0.4, -0.2) is 74.4 Å². The third-order valence-corrected chi connectivity index (χ3v) is 4.44. The SMILES string of the molecule is CNC(=O)CC1CCN(C(=NCC(=O)N(C)C)NC2CC2)CC1.I. The van der Waals surface area contributed by atoms with E-state index in [9.17, 15) is 9.59 Å². The summed E-state index contributed by atoms with van der Waals surface area (Å²) in [5, 5.41) is 6.14. The van der Waals surface area contributed by atoms with Crippen LogP contribution in [0.5, 0.6) is 0 Å². The first-order valence-electron chi connectivity index (χ1n) is 8.46. The normalized spacial score (nSPS) is 18.6. The van der Waals surface area contributed by atoms with E-state index in [1.54, 1.807) is 26.0 Å². The van der Waals surface area contributed by atoms with Gasteiger partial charge in [0.1, 0.15) is 6.54 Å². The van der Waals surface area contributed by atoms with Crippen LogP contribution in [0.15, 0.2) is 4.99 Å². The number of guanidine groups is 1. The Bertz CT molecular complexity index is 457. The fourth-order valence-electron chi connectivity index (χ4n) is 2.64. The van der Waals surface area contributed by atoms with Crippen molar-refractivity contribution in [1.82, 2.24) is 20.4 Å². The van der Waals surface area contributed by atoms with Crippen molar-refractivity contribution in [3.63, 3.8) is 0 Å². The summed E-state index contributed by atoms with van der Waals surface area (Å²) in [5.41, 5.74) is 0. The van der Waals surface area contributed by atoms with Gasteiger partial charge in [-0.25, -0.2) is 4.99 Å². The molecule has 0 radical (unpaired) electrons. The predicted molar refractivity (Wildman–Crippen MR) is 106 cm³/mol. The van der Waals surface area contributed by atoms with Crippen LogP contribution >= 0.6 is 24.0 Å². The summed E-state index contributed by atoms with van der Waals surface area (Å²) >= 11 is 0. The van der Waals surface area contributed by atoms with E-state index in [0.717, 1.165) is 31.9 Å². The highest BCUT2D eigenvalue weighted by Crippen LogP contribution is 2.23. The molecule has 7 nitrogen and oxygen atoms in total. The molecule has 1 aliphatic carbocycles. The monoisotopic (exact) mass is 451 g/mol. The van der Waals surface area contributed by atoms with E-state index in [1.807, 2.05) is 0 Å². The van der Waals surface area contributed by atoms with Crippen LogP contribution in [0, 0.1) is 5.92 Å². The van der Waals surface area contributed by atoms with Crippen molar-refractivity contribution in [2.24, 2.45) is 10.9 Å². The Balaban J connectivity index is 0.00000288. The van der Waals surface area contributed by atoms with Crippen LogP contribution in [0.25, 0.3) is 0 Å². The number of likely N-dealkylation sites (tertiary alicyclic amines) is 1. The average molecular weight is 451 g/mol. The van der Waals surface area contributed by atoms with E-state index >= 15 is 0 Å². The number of carbonyl (C=O) groups is 2. The topological polar surface area (TPSA) is 77.0 Å². The van der Waals surface area contributed by atoms with Crippen LogP contribution in [0.1, 0.15) is 32.1 Å². The van der Waals surface area contributed by atoms with Gasteiger partial charge in [0, 0.05) is 46.7 Å². The molecular weight excluding hydrogens is 421 g/mol. The zero-order chi connectivity index (χ0) is 16.8. The van der Waals surface area contributed by atoms with E-state index in [1.165, 1.54) is 12.8 Å². The van der Waals surface area contributed by atoms with Crippen molar-refractivity contribution in [2.75, 3.05) is 40.8 Å². The first-order valence-corrected chi connectivity index (χ1v) is 8.46.